The van der Waals surface area contributed by atoms with Crippen molar-refractivity contribution < 1.29 is 9.59 Å². The fourth-order valence-corrected chi connectivity index (χ4v) is 1.44. The normalized spacial score (nSPS) is 10.8. The first-order chi connectivity index (χ1) is 8.49. The Bertz CT molecular complexity index is 255. The molecular weight excluding hydrogens is 230 g/mol. The van der Waals surface area contributed by atoms with Gasteiger partial charge in [0, 0.05) is 6.54 Å². The average molecular weight is 257 g/mol. The van der Waals surface area contributed by atoms with Crippen LogP contribution in [0.1, 0.15) is 40.5 Å². The smallest absolute Gasteiger partial charge is 0.321 e. The number of imide groups is 1. The minimum absolute atomic E-state index is 0.241. The van der Waals surface area contributed by atoms with Crippen LogP contribution in [0.15, 0.2) is 0 Å². The fraction of sp³-hybridized carbons (Fsp3) is 0.846. The Morgan fingerprint density at radius 3 is 2.39 bits per heavy atom. The van der Waals surface area contributed by atoms with Crippen LogP contribution in [0, 0.1) is 5.92 Å². The number of amides is 3. The van der Waals surface area contributed by atoms with E-state index in [1.807, 2.05) is 25.7 Å². The summed E-state index contributed by atoms with van der Waals surface area (Å²) in [5.41, 5.74) is 0. The van der Waals surface area contributed by atoms with Gasteiger partial charge in [-0.15, -0.1) is 0 Å². The standard InChI is InChI=1S/C13H27N3O2/c1-5-7-8-16(6-2)10-12(17)15-13(18)14-9-11(3)4/h11H,5-10H2,1-4H3,(H2,14,15,17,18). The highest BCUT2D eigenvalue weighted by Crippen LogP contribution is 1.94. The van der Waals surface area contributed by atoms with Crippen molar-refractivity contribution in [3.63, 3.8) is 0 Å². The summed E-state index contributed by atoms with van der Waals surface area (Å²) in [6.45, 7) is 10.7. The Balaban J connectivity index is 3.89. The molecule has 3 amide bonds. The minimum atomic E-state index is -0.403. The van der Waals surface area contributed by atoms with E-state index in [0.29, 0.717) is 12.5 Å². The van der Waals surface area contributed by atoms with Crippen LogP contribution in [0.5, 0.6) is 0 Å². The Kier molecular flexibility index (Phi) is 9.28. The molecule has 0 rings (SSSR count). The number of hydrogen-bond acceptors (Lipinski definition) is 3. The maximum Gasteiger partial charge on any atom is 0.321 e. The average Bonchev–Trinajstić information content (AvgIpc) is 2.31. The molecule has 0 saturated carbocycles. The maximum absolute atomic E-state index is 11.6. The van der Waals surface area contributed by atoms with E-state index in [9.17, 15) is 9.59 Å². The van der Waals surface area contributed by atoms with Gasteiger partial charge in [0.15, 0.2) is 0 Å². The van der Waals surface area contributed by atoms with Gasteiger partial charge in [-0.3, -0.25) is 15.0 Å². The van der Waals surface area contributed by atoms with Gasteiger partial charge in [-0.1, -0.05) is 34.1 Å². The van der Waals surface area contributed by atoms with Gasteiger partial charge in [0.25, 0.3) is 0 Å². The summed E-state index contributed by atoms with van der Waals surface area (Å²) < 4.78 is 0. The van der Waals surface area contributed by atoms with E-state index in [2.05, 4.69) is 17.6 Å². The van der Waals surface area contributed by atoms with Crippen LogP contribution in [0.2, 0.25) is 0 Å². The van der Waals surface area contributed by atoms with Crippen molar-refractivity contribution in [3.05, 3.63) is 0 Å². The second kappa shape index (κ2) is 9.88. The molecule has 2 N–H and O–H groups in total. The van der Waals surface area contributed by atoms with E-state index < -0.39 is 6.03 Å². The van der Waals surface area contributed by atoms with Crippen LogP contribution in [-0.2, 0) is 4.79 Å². The number of carbonyl (C=O) groups excluding carboxylic acids is 2. The molecule has 5 heteroatoms. The van der Waals surface area contributed by atoms with Crippen LogP contribution in [0.25, 0.3) is 0 Å². The number of nitrogens with one attached hydrogen (secondary N) is 2. The minimum Gasteiger partial charge on any atom is -0.338 e. The summed E-state index contributed by atoms with van der Waals surface area (Å²) in [5, 5.41) is 5.00. The summed E-state index contributed by atoms with van der Waals surface area (Å²) in [4.78, 5) is 25.0. The molecule has 0 aromatic carbocycles. The second-order valence-electron chi connectivity index (χ2n) is 4.87. The molecule has 0 heterocycles. The summed E-state index contributed by atoms with van der Waals surface area (Å²) in [5.74, 6) is 0.136. The van der Waals surface area contributed by atoms with Crippen molar-refractivity contribution in [1.82, 2.24) is 15.5 Å². The Hall–Kier alpha value is -1.10. The molecule has 0 aliphatic rings. The lowest BCUT2D eigenvalue weighted by molar-refractivity contribution is -0.121. The van der Waals surface area contributed by atoms with E-state index in [1.54, 1.807) is 0 Å². The third kappa shape index (κ3) is 8.98. The van der Waals surface area contributed by atoms with Crippen molar-refractivity contribution in [2.45, 2.75) is 40.5 Å². The lowest BCUT2D eigenvalue weighted by atomic mass is 10.2. The molecule has 106 valence electrons. The third-order valence-corrected chi connectivity index (χ3v) is 2.57. The Morgan fingerprint density at radius 1 is 1.22 bits per heavy atom. The number of likely N-dealkylation sites (N-methyl/N-ethyl adjacent to an activating group) is 1. The first kappa shape index (κ1) is 16.9. The van der Waals surface area contributed by atoms with Crippen molar-refractivity contribution in [2.75, 3.05) is 26.2 Å². The molecule has 0 aromatic rings. The van der Waals surface area contributed by atoms with Crippen molar-refractivity contribution in [3.8, 4) is 0 Å². The van der Waals surface area contributed by atoms with Gasteiger partial charge in [-0.2, -0.15) is 0 Å². The molecule has 0 aliphatic carbocycles. The van der Waals surface area contributed by atoms with Crippen molar-refractivity contribution in [1.29, 1.82) is 0 Å². The zero-order chi connectivity index (χ0) is 14.0. The zero-order valence-corrected chi connectivity index (χ0v) is 12.1. The van der Waals surface area contributed by atoms with Gasteiger partial charge in [0.1, 0.15) is 0 Å². The van der Waals surface area contributed by atoms with Crippen LogP contribution in [0.3, 0.4) is 0 Å². The van der Waals surface area contributed by atoms with E-state index in [-0.39, 0.29) is 12.5 Å². The number of rotatable bonds is 8. The molecule has 0 fully saturated rings. The maximum atomic E-state index is 11.6. The predicted octanol–water partition coefficient (Wildman–Crippen LogP) is 1.59. The van der Waals surface area contributed by atoms with E-state index in [0.717, 1.165) is 25.9 Å². The predicted molar refractivity (Wildman–Crippen MR) is 73.4 cm³/mol. The summed E-state index contributed by atoms with van der Waals surface area (Å²) >= 11 is 0. The number of urea groups is 1. The molecule has 0 spiro atoms. The first-order valence-electron chi connectivity index (χ1n) is 6.79. The monoisotopic (exact) mass is 257 g/mol. The van der Waals surface area contributed by atoms with Crippen LogP contribution in [-0.4, -0.2) is 43.0 Å². The molecular formula is C13H27N3O2. The number of carbonyl (C=O) groups is 2. The van der Waals surface area contributed by atoms with E-state index in [4.69, 9.17) is 0 Å². The second-order valence-corrected chi connectivity index (χ2v) is 4.87. The van der Waals surface area contributed by atoms with Crippen LogP contribution in [0.4, 0.5) is 4.79 Å². The number of nitrogens with zero attached hydrogens (tertiary/aromatic N) is 1. The molecule has 18 heavy (non-hydrogen) atoms. The first-order valence-corrected chi connectivity index (χ1v) is 6.79. The molecule has 0 bridgehead atoms. The summed E-state index contributed by atoms with van der Waals surface area (Å²) in [7, 11) is 0. The Morgan fingerprint density at radius 2 is 1.89 bits per heavy atom. The van der Waals surface area contributed by atoms with Gasteiger partial charge in [0.2, 0.25) is 5.91 Å². The number of hydrogen-bond donors (Lipinski definition) is 2. The molecule has 0 atom stereocenters. The highest BCUT2D eigenvalue weighted by Gasteiger charge is 2.11. The third-order valence-electron chi connectivity index (χ3n) is 2.57. The lowest BCUT2D eigenvalue weighted by Gasteiger charge is -2.19. The highest BCUT2D eigenvalue weighted by molar-refractivity contribution is 5.95. The van der Waals surface area contributed by atoms with Crippen molar-refractivity contribution in [2.24, 2.45) is 5.92 Å². The Labute approximate surface area is 110 Å². The molecule has 0 radical (unpaired) electrons. The molecule has 0 aromatic heterocycles. The molecule has 0 unspecified atom stereocenters. The van der Waals surface area contributed by atoms with Gasteiger partial charge in [0.05, 0.1) is 6.54 Å². The van der Waals surface area contributed by atoms with Gasteiger partial charge in [-0.05, 0) is 25.4 Å². The molecule has 5 nitrogen and oxygen atoms in total. The molecule has 0 aliphatic heterocycles. The van der Waals surface area contributed by atoms with Crippen molar-refractivity contribution >= 4 is 11.9 Å². The quantitative estimate of drug-likeness (QED) is 0.694. The van der Waals surface area contributed by atoms with Crippen LogP contribution < -0.4 is 10.6 Å². The van der Waals surface area contributed by atoms with E-state index in [1.165, 1.54) is 0 Å². The fourth-order valence-electron chi connectivity index (χ4n) is 1.44. The summed E-state index contributed by atoms with van der Waals surface area (Å²) in [6, 6.07) is -0.403. The molecule has 0 saturated heterocycles. The SMILES string of the molecule is CCCCN(CC)CC(=O)NC(=O)NCC(C)C. The topological polar surface area (TPSA) is 61.4 Å². The highest BCUT2D eigenvalue weighted by atomic mass is 16.2. The van der Waals surface area contributed by atoms with Gasteiger partial charge in [-0.25, -0.2) is 4.79 Å². The van der Waals surface area contributed by atoms with Gasteiger partial charge >= 0.3 is 6.03 Å². The number of unbranched alkanes of at least 4 members (excludes halogenated alkanes) is 1. The zero-order valence-electron chi connectivity index (χ0n) is 12.1. The summed E-state index contributed by atoms with van der Waals surface area (Å²) in [6.07, 6.45) is 2.17. The lowest BCUT2D eigenvalue weighted by Crippen LogP contribution is -2.45. The van der Waals surface area contributed by atoms with Gasteiger partial charge < -0.3 is 5.32 Å². The van der Waals surface area contributed by atoms with Crippen LogP contribution >= 0.6 is 0 Å². The largest absolute Gasteiger partial charge is 0.338 e. The van der Waals surface area contributed by atoms with E-state index >= 15 is 0 Å².